The zero-order valence-corrected chi connectivity index (χ0v) is 23.2. The van der Waals surface area contributed by atoms with Crippen LogP contribution in [-0.4, -0.2) is 21.5 Å². The molecule has 5 aromatic rings. The lowest BCUT2D eigenvalue weighted by molar-refractivity contribution is 0.0251. The predicted octanol–water partition coefficient (Wildman–Crippen LogP) is 7.09. The molecular weight excluding hydrogens is 536 g/mol. The number of benzene rings is 5. The van der Waals surface area contributed by atoms with Crippen LogP contribution in [0.5, 0.6) is 17.2 Å². The van der Waals surface area contributed by atoms with Gasteiger partial charge >= 0.3 is 5.97 Å². The van der Waals surface area contributed by atoms with Crippen LogP contribution in [0.15, 0.2) is 131 Å². The third-order valence-electron chi connectivity index (χ3n) is 7.23. The molecule has 204 valence electrons. The van der Waals surface area contributed by atoms with Gasteiger partial charge in [-0.15, -0.1) is 0 Å². The minimum absolute atomic E-state index is 0.187. The Morgan fingerprint density at radius 3 is 1.68 bits per heavy atom. The fraction of sp³-hybridized carbons (Fsp3) is 0.0882. The number of rotatable bonds is 7. The number of carbonyl (C=O) groups excluding carboxylic acids is 1. The maximum absolute atomic E-state index is 13.0. The first-order valence-corrected chi connectivity index (χ1v) is 14.5. The zero-order chi connectivity index (χ0) is 28.6. The predicted molar refractivity (Wildman–Crippen MR) is 154 cm³/mol. The number of hydrogen-bond acceptors (Lipinski definition) is 6. The second-order valence-electron chi connectivity index (χ2n) is 9.76. The molecular formula is C34H26O6S. The van der Waals surface area contributed by atoms with Crippen LogP contribution in [0.2, 0.25) is 0 Å². The van der Waals surface area contributed by atoms with Crippen LogP contribution in [0.1, 0.15) is 32.6 Å². The van der Waals surface area contributed by atoms with Gasteiger partial charge in [-0.25, -0.2) is 13.2 Å². The number of hydrogen-bond donors (Lipinski definition) is 0. The van der Waals surface area contributed by atoms with E-state index in [-0.39, 0.29) is 9.79 Å². The molecule has 1 heterocycles. The molecule has 0 radical (unpaired) electrons. The molecule has 5 aromatic carbocycles. The summed E-state index contributed by atoms with van der Waals surface area (Å²) in [5, 5.41) is 0. The molecule has 41 heavy (non-hydrogen) atoms. The van der Waals surface area contributed by atoms with Gasteiger partial charge in [-0.2, -0.15) is 0 Å². The molecule has 0 N–H and O–H groups in total. The number of sulfone groups is 1. The van der Waals surface area contributed by atoms with Gasteiger partial charge in [-0.3, -0.25) is 0 Å². The maximum Gasteiger partial charge on any atom is 0.340 e. The van der Waals surface area contributed by atoms with Crippen LogP contribution in [0.4, 0.5) is 0 Å². The molecule has 0 amide bonds. The van der Waals surface area contributed by atoms with Crippen LogP contribution >= 0.6 is 0 Å². The summed E-state index contributed by atoms with van der Waals surface area (Å²) in [6.45, 7) is 1.91. The molecule has 1 atom stereocenters. The first kappa shape index (κ1) is 26.3. The minimum Gasteiger partial charge on any atom is -0.497 e. The molecule has 0 spiro atoms. The summed E-state index contributed by atoms with van der Waals surface area (Å²) in [4.78, 5) is 13.4. The van der Waals surface area contributed by atoms with Gasteiger partial charge in [0.25, 0.3) is 0 Å². The highest BCUT2D eigenvalue weighted by Gasteiger charge is 2.48. The van der Waals surface area contributed by atoms with Crippen LogP contribution < -0.4 is 9.47 Å². The number of methoxy groups -OCH3 is 1. The van der Waals surface area contributed by atoms with E-state index in [1.807, 2.05) is 61.5 Å². The molecule has 0 fully saturated rings. The second-order valence-corrected chi connectivity index (χ2v) is 11.7. The number of ether oxygens (including phenoxy) is 3. The van der Waals surface area contributed by atoms with Crippen molar-refractivity contribution in [3.63, 3.8) is 0 Å². The van der Waals surface area contributed by atoms with E-state index >= 15 is 0 Å². The Labute approximate surface area is 238 Å². The number of aryl methyl sites for hydroxylation is 1. The van der Waals surface area contributed by atoms with Gasteiger partial charge in [-0.1, -0.05) is 60.2 Å². The van der Waals surface area contributed by atoms with Crippen molar-refractivity contribution in [2.75, 3.05) is 7.11 Å². The molecule has 0 bridgehead atoms. The van der Waals surface area contributed by atoms with Crippen molar-refractivity contribution in [3.05, 3.63) is 149 Å². The van der Waals surface area contributed by atoms with Gasteiger partial charge in [0, 0.05) is 16.7 Å². The smallest absolute Gasteiger partial charge is 0.340 e. The normalized spacial score (nSPS) is 16.1. The van der Waals surface area contributed by atoms with E-state index in [2.05, 4.69) is 0 Å². The summed E-state index contributed by atoms with van der Waals surface area (Å²) < 4.78 is 43.5. The highest BCUT2D eigenvalue weighted by Crippen LogP contribution is 2.47. The lowest BCUT2D eigenvalue weighted by Crippen LogP contribution is -2.29. The van der Waals surface area contributed by atoms with E-state index in [4.69, 9.17) is 14.2 Å². The molecule has 1 unspecified atom stereocenters. The van der Waals surface area contributed by atoms with Crippen molar-refractivity contribution in [2.24, 2.45) is 0 Å². The van der Waals surface area contributed by atoms with E-state index < -0.39 is 21.4 Å². The van der Waals surface area contributed by atoms with E-state index in [0.29, 0.717) is 22.8 Å². The lowest BCUT2D eigenvalue weighted by atomic mass is 9.80. The fourth-order valence-electron chi connectivity index (χ4n) is 5.07. The number of esters is 1. The number of cyclic esters (lactones) is 1. The van der Waals surface area contributed by atoms with Crippen molar-refractivity contribution >= 4 is 15.8 Å². The molecule has 0 aliphatic carbocycles. The highest BCUT2D eigenvalue weighted by molar-refractivity contribution is 7.91. The molecule has 1 aliphatic heterocycles. The summed E-state index contributed by atoms with van der Waals surface area (Å²) >= 11 is 0. The standard InChI is InChI=1S/C34H26O6S/c1-23-7-19-29(20-8-23)41(36,37)30-21-17-28(18-22-30)39-27-15-11-25(12-16-27)34(24-9-13-26(38-2)14-10-24)32-6-4-3-5-31(32)33(35)40-34/h3-22H,1-2H3. The largest absolute Gasteiger partial charge is 0.497 e. The van der Waals surface area contributed by atoms with Crippen molar-refractivity contribution in [3.8, 4) is 17.2 Å². The fourth-order valence-corrected chi connectivity index (χ4v) is 6.33. The van der Waals surface area contributed by atoms with Crippen LogP contribution in [0.3, 0.4) is 0 Å². The van der Waals surface area contributed by atoms with Crippen molar-refractivity contribution in [1.29, 1.82) is 0 Å². The van der Waals surface area contributed by atoms with Crippen molar-refractivity contribution in [1.82, 2.24) is 0 Å². The Kier molecular flexibility index (Phi) is 6.59. The Bertz CT molecular complexity index is 1830. The summed E-state index contributed by atoms with van der Waals surface area (Å²) in [5.41, 5.74) is 2.68. The van der Waals surface area contributed by atoms with Gasteiger partial charge < -0.3 is 14.2 Å². The van der Waals surface area contributed by atoms with E-state index in [1.54, 1.807) is 61.7 Å². The van der Waals surface area contributed by atoms with Crippen molar-refractivity contribution < 1.29 is 27.4 Å². The average molecular weight is 563 g/mol. The Hall–Kier alpha value is -4.88. The SMILES string of the molecule is COc1ccc(C2(c3ccc(Oc4ccc(S(=O)(=O)c5ccc(C)cc5)cc4)cc3)OC(=O)c3ccccc32)cc1. The molecule has 7 heteroatoms. The molecule has 6 nitrogen and oxygen atoms in total. The Morgan fingerprint density at radius 2 is 1.12 bits per heavy atom. The zero-order valence-electron chi connectivity index (χ0n) is 22.4. The van der Waals surface area contributed by atoms with E-state index in [1.165, 1.54) is 12.1 Å². The first-order valence-electron chi connectivity index (χ1n) is 13.0. The molecule has 0 saturated carbocycles. The third kappa shape index (κ3) is 4.64. The Morgan fingerprint density at radius 1 is 0.634 bits per heavy atom. The van der Waals surface area contributed by atoms with Gasteiger partial charge in [0.1, 0.15) is 17.2 Å². The molecule has 1 aliphatic rings. The van der Waals surface area contributed by atoms with E-state index in [0.717, 1.165) is 22.3 Å². The summed E-state index contributed by atoms with van der Waals surface area (Å²) in [6.07, 6.45) is 0. The maximum atomic E-state index is 13.0. The van der Waals surface area contributed by atoms with Crippen molar-refractivity contribution in [2.45, 2.75) is 22.3 Å². The monoisotopic (exact) mass is 562 g/mol. The molecule has 0 aromatic heterocycles. The lowest BCUT2D eigenvalue weighted by Gasteiger charge is -2.30. The van der Waals surface area contributed by atoms with Crippen LogP contribution in [0, 0.1) is 6.92 Å². The molecule has 6 rings (SSSR count). The minimum atomic E-state index is -3.63. The summed E-state index contributed by atoms with van der Waals surface area (Å²) in [5.74, 6) is 1.34. The van der Waals surface area contributed by atoms with Gasteiger partial charge in [0.15, 0.2) is 5.60 Å². The van der Waals surface area contributed by atoms with Crippen LogP contribution in [0.25, 0.3) is 0 Å². The van der Waals surface area contributed by atoms with Gasteiger partial charge in [-0.05, 0) is 73.7 Å². The highest BCUT2D eigenvalue weighted by atomic mass is 32.2. The van der Waals surface area contributed by atoms with E-state index in [9.17, 15) is 13.2 Å². The molecule has 0 saturated heterocycles. The first-order chi connectivity index (χ1) is 19.8. The van der Waals surface area contributed by atoms with Gasteiger partial charge in [0.2, 0.25) is 9.84 Å². The quantitative estimate of drug-likeness (QED) is 0.197. The summed E-state index contributed by atoms with van der Waals surface area (Å²) in [7, 11) is -2.03. The summed E-state index contributed by atoms with van der Waals surface area (Å²) in [6, 6.07) is 35.3. The van der Waals surface area contributed by atoms with Crippen LogP contribution in [-0.2, 0) is 20.2 Å². The topological polar surface area (TPSA) is 78.9 Å². The van der Waals surface area contributed by atoms with Gasteiger partial charge in [0.05, 0.1) is 22.5 Å². The number of carbonyl (C=O) groups is 1. The Balaban J connectivity index is 1.29. The third-order valence-corrected chi connectivity index (χ3v) is 9.02. The average Bonchev–Trinajstić information content (AvgIpc) is 3.31. The number of fused-ring (bicyclic) bond motifs is 1. The second kappa shape index (κ2) is 10.3.